The lowest BCUT2D eigenvalue weighted by Crippen LogP contribution is -2.04. The van der Waals surface area contributed by atoms with Crippen LogP contribution in [0.3, 0.4) is 0 Å². The summed E-state index contributed by atoms with van der Waals surface area (Å²) < 4.78 is 38.3. The number of hydrogen-bond donors (Lipinski definition) is 1. The van der Waals surface area contributed by atoms with Gasteiger partial charge in [-0.2, -0.15) is 0 Å². The van der Waals surface area contributed by atoms with Crippen molar-refractivity contribution in [2.75, 3.05) is 6.26 Å². The Morgan fingerprint density at radius 3 is 2.71 bits per heavy atom. The van der Waals surface area contributed by atoms with Crippen LogP contribution in [0.5, 0.6) is 0 Å². The summed E-state index contributed by atoms with van der Waals surface area (Å²) >= 11 is 0. The number of nitrogens with two attached hydrogens (primary N) is 1. The molecule has 4 rings (SSSR count). The zero-order valence-electron chi connectivity index (χ0n) is 17.0. The van der Waals surface area contributed by atoms with E-state index in [1.54, 1.807) is 24.5 Å². The normalized spacial score (nSPS) is 15.1. The number of hydrogen-bond acceptors (Lipinski definition) is 6. The van der Waals surface area contributed by atoms with Crippen LogP contribution >= 0.6 is 0 Å². The van der Waals surface area contributed by atoms with E-state index in [2.05, 4.69) is 16.6 Å². The minimum Gasteiger partial charge on any atom is -0.397 e. The van der Waals surface area contributed by atoms with Gasteiger partial charge in [-0.05, 0) is 55.5 Å². The third-order valence-corrected chi connectivity index (χ3v) is 6.05. The molecule has 0 bridgehead atoms. The number of halogens is 1. The molecule has 9 heteroatoms. The van der Waals surface area contributed by atoms with Gasteiger partial charge in [0.25, 0.3) is 0 Å². The largest absolute Gasteiger partial charge is 0.397 e. The predicted molar refractivity (Wildman–Crippen MR) is 119 cm³/mol. The summed E-state index contributed by atoms with van der Waals surface area (Å²) in [6.07, 6.45) is 10.5. The maximum absolute atomic E-state index is 13.5. The second-order valence-corrected chi connectivity index (χ2v) is 9.61. The first-order valence-electron chi connectivity index (χ1n) is 9.75. The van der Waals surface area contributed by atoms with E-state index in [9.17, 15) is 12.8 Å². The van der Waals surface area contributed by atoms with Crippen molar-refractivity contribution in [2.24, 2.45) is 16.6 Å². The molecule has 0 unspecified atom stereocenters. The van der Waals surface area contributed by atoms with E-state index < -0.39 is 9.84 Å². The van der Waals surface area contributed by atoms with Gasteiger partial charge in [-0.1, -0.05) is 6.58 Å². The lowest BCUT2D eigenvalue weighted by molar-refractivity contribution is 0.607. The van der Waals surface area contributed by atoms with Crippen molar-refractivity contribution in [3.05, 3.63) is 71.5 Å². The first kappa shape index (κ1) is 20.9. The molecule has 0 aliphatic heterocycles. The van der Waals surface area contributed by atoms with E-state index in [1.165, 1.54) is 37.3 Å². The third-order valence-electron chi connectivity index (χ3n) is 5.09. The fraction of sp³-hybridized carbons (Fsp3) is 0.227. The van der Waals surface area contributed by atoms with Gasteiger partial charge in [0.2, 0.25) is 0 Å². The van der Waals surface area contributed by atoms with Crippen LogP contribution < -0.4 is 5.73 Å². The topological polar surface area (TPSA) is 103 Å². The number of benzene rings is 1. The zero-order valence-corrected chi connectivity index (χ0v) is 17.8. The Bertz CT molecular complexity index is 1320. The molecule has 1 fully saturated rings. The summed E-state index contributed by atoms with van der Waals surface area (Å²) in [5, 5.41) is -0.260. The van der Waals surface area contributed by atoms with Gasteiger partial charge in [0.15, 0.2) is 15.5 Å². The Morgan fingerprint density at radius 1 is 1.35 bits per heavy atom. The van der Waals surface area contributed by atoms with Gasteiger partial charge < -0.3 is 5.73 Å². The highest BCUT2D eigenvalue weighted by Gasteiger charge is 2.25. The van der Waals surface area contributed by atoms with E-state index in [4.69, 9.17) is 10.7 Å². The van der Waals surface area contributed by atoms with Crippen molar-refractivity contribution in [3.63, 3.8) is 0 Å². The molecule has 0 spiro atoms. The van der Waals surface area contributed by atoms with Crippen molar-refractivity contribution < 1.29 is 12.8 Å². The van der Waals surface area contributed by atoms with Crippen LogP contribution in [0.4, 0.5) is 4.39 Å². The molecule has 0 saturated heterocycles. The standard InChI is InChI=1S/C22H22FN5O2S/c1-14(31(2,29)30)25-10-9-18(24)21-20(16-5-7-17(23)8-6-16)27-22-19(13-15-3-4-15)26-11-12-28(21)22/h5-12,15H,1,3-4,13,24H2,2H3/b18-9-,25-10?. The van der Waals surface area contributed by atoms with Crippen LogP contribution in [0.15, 0.2) is 59.3 Å². The molecule has 0 amide bonds. The Kier molecular flexibility index (Phi) is 5.45. The van der Waals surface area contributed by atoms with E-state index in [0.29, 0.717) is 34.2 Å². The van der Waals surface area contributed by atoms with Crippen molar-refractivity contribution >= 4 is 27.4 Å². The number of allylic oxidation sites excluding steroid dienone is 1. The molecule has 2 aromatic heterocycles. The van der Waals surface area contributed by atoms with Crippen LogP contribution in [-0.4, -0.2) is 35.3 Å². The Morgan fingerprint density at radius 2 is 2.06 bits per heavy atom. The number of imidazole rings is 1. The number of aliphatic imine (C=N–C) groups is 1. The van der Waals surface area contributed by atoms with Crippen LogP contribution in [0.2, 0.25) is 0 Å². The zero-order chi connectivity index (χ0) is 22.2. The molecule has 0 radical (unpaired) electrons. The van der Waals surface area contributed by atoms with Crippen molar-refractivity contribution in [1.82, 2.24) is 14.4 Å². The van der Waals surface area contributed by atoms with Gasteiger partial charge in [-0.15, -0.1) is 0 Å². The molecule has 0 atom stereocenters. The average Bonchev–Trinajstić information content (AvgIpc) is 3.44. The molecule has 160 valence electrons. The van der Waals surface area contributed by atoms with Crippen LogP contribution in [0.1, 0.15) is 24.2 Å². The molecular formula is C22H22FN5O2S. The summed E-state index contributed by atoms with van der Waals surface area (Å²) in [6.45, 7) is 3.44. The van der Waals surface area contributed by atoms with Crippen LogP contribution in [0, 0.1) is 11.7 Å². The quantitative estimate of drug-likeness (QED) is 0.569. The third kappa shape index (κ3) is 4.56. The molecule has 7 nitrogen and oxygen atoms in total. The van der Waals surface area contributed by atoms with E-state index >= 15 is 0 Å². The van der Waals surface area contributed by atoms with Gasteiger partial charge in [-0.3, -0.25) is 9.38 Å². The Labute approximate surface area is 179 Å². The highest BCUT2D eigenvalue weighted by molar-refractivity contribution is 7.94. The maximum atomic E-state index is 13.5. The summed E-state index contributed by atoms with van der Waals surface area (Å²) in [5.41, 5.74) is 10.1. The number of sulfone groups is 1. The molecular weight excluding hydrogens is 417 g/mol. The van der Waals surface area contributed by atoms with Crippen LogP contribution in [-0.2, 0) is 16.3 Å². The predicted octanol–water partition coefficient (Wildman–Crippen LogP) is 3.37. The van der Waals surface area contributed by atoms with E-state index in [0.717, 1.165) is 18.4 Å². The minimum atomic E-state index is -3.48. The first-order chi connectivity index (χ1) is 14.7. The van der Waals surface area contributed by atoms with Gasteiger partial charge >= 0.3 is 0 Å². The summed E-state index contributed by atoms with van der Waals surface area (Å²) in [7, 11) is -3.48. The van der Waals surface area contributed by atoms with Crippen molar-refractivity contribution in [3.8, 4) is 11.3 Å². The molecule has 1 aliphatic carbocycles. The van der Waals surface area contributed by atoms with Gasteiger partial charge in [0.1, 0.15) is 10.8 Å². The summed E-state index contributed by atoms with van der Waals surface area (Å²) in [4.78, 5) is 13.2. The lowest BCUT2D eigenvalue weighted by atomic mass is 10.1. The van der Waals surface area contributed by atoms with E-state index in [-0.39, 0.29) is 10.8 Å². The minimum absolute atomic E-state index is 0.260. The molecule has 3 aromatic rings. The molecule has 1 aromatic carbocycles. The lowest BCUT2D eigenvalue weighted by Gasteiger charge is -2.06. The second-order valence-electron chi connectivity index (χ2n) is 7.60. The SMILES string of the molecule is C=C(N=C/C=C(\N)c1c(-c2ccc(F)cc2)nc2c(CC3CC3)nccn12)S(C)(=O)=O. The van der Waals surface area contributed by atoms with Crippen LogP contribution in [0.25, 0.3) is 22.6 Å². The monoisotopic (exact) mass is 439 g/mol. The Balaban J connectivity index is 1.84. The maximum Gasteiger partial charge on any atom is 0.192 e. The number of nitrogens with zero attached hydrogens (tertiary/aromatic N) is 4. The number of rotatable bonds is 7. The van der Waals surface area contributed by atoms with Crippen molar-refractivity contribution in [1.29, 1.82) is 0 Å². The highest BCUT2D eigenvalue weighted by atomic mass is 32.2. The van der Waals surface area contributed by atoms with Crippen molar-refractivity contribution in [2.45, 2.75) is 19.3 Å². The second kappa shape index (κ2) is 8.07. The summed E-state index contributed by atoms with van der Waals surface area (Å²) in [5.74, 6) is 0.273. The Hall–Kier alpha value is -3.33. The molecule has 1 aliphatic rings. The average molecular weight is 440 g/mol. The number of aromatic nitrogens is 3. The van der Waals surface area contributed by atoms with Gasteiger partial charge in [0.05, 0.1) is 22.8 Å². The fourth-order valence-electron chi connectivity index (χ4n) is 3.23. The number of fused-ring (bicyclic) bond motifs is 1. The fourth-order valence-corrected chi connectivity index (χ4v) is 3.48. The first-order valence-corrected chi connectivity index (χ1v) is 11.6. The van der Waals surface area contributed by atoms with E-state index in [1.807, 2.05) is 4.40 Å². The van der Waals surface area contributed by atoms with Gasteiger partial charge in [-0.25, -0.2) is 22.8 Å². The molecule has 2 N–H and O–H groups in total. The van der Waals surface area contributed by atoms with Gasteiger partial charge in [0, 0.05) is 30.4 Å². The smallest absolute Gasteiger partial charge is 0.192 e. The highest BCUT2D eigenvalue weighted by Crippen LogP contribution is 2.34. The molecule has 1 saturated carbocycles. The summed E-state index contributed by atoms with van der Waals surface area (Å²) in [6, 6.07) is 6.01. The molecule has 2 heterocycles. The molecule has 31 heavy (non-hydrogen) atoms.